The summed E-state index contributed by atoms with van der Waals surface area (Å²) < 4.78 is 10.6. The highest BCUT2D eigenvalue weighted by molar-refractivity contribution is 5.88. The van der Waals surface area contributed by atoms with Crippen molar-refractivity contribution in [3.63, 3.8) is 0 Å². The number of methoxy groups -OCH3 is 1. The Morgan fingerprint density at radius 1 is 1.29 bits per heavy atom. The molecular weight excluding hydrogens is 308 g/mol. The van der Waals surface area contributed by atoms with Gasteiger partial charge in [0, 0.05) is 0 Å². The lowest BCUT2D eigenvalue weighted by molar-refractivity contribution is 0.0697. The summed E-state index contributed by atoms with van der Waals surface area (Å²) >= 11 is 0. The summed E-state index contributed by atoms with van der Waals surface area (Å²) in [6, 6.07) is 11.6. The first kappa shape index (κ1) is 16.9. The lowest BCUT2D eigenvalue weighted by Crippen LogP contribution is -1.98. The van der Waals surface area contributed by atoms with Gasteiger partial charge in [0.05, 0.1) is 24.6 Å². The number of carbonyl (C=O) groups is 1. The molecular formula is C18H16N2O4. The molecule has 0 fully saturated rings. The smallest absolute Gasteiger partial charge is 0.335 e. The van der Waals surface area contributed by atoms with Crippen molar-refractivity contribution in [2.24, 2.45) is 5.10 Å². The lowest BCUT2D eigenvalue weighted by Gasteiger charge is -2.09. The highest BCUT2D eigenvalue weighted by Gasteiger charge is 2.04. The van der Waals surface area contributed by atoms with Gasteiger partial charge in [-0.25, -0.2) is 4.79 Å². The van der Waals surface area contributed by atoms with Gasteiger partial charge in [0.2, 0.25) is 0 Å². The van der Waals surface area contributed by atoms with Crippen molar-refractivity contribution in [2.45, 2.75) is 0 Å². The zero-order valence-corrected chi connectivity index (χ0v) is 13.0. The molecule has 0 saturated carbocycles. The van der Waals surface area contributed by atoms with E-state index in [0.29, 0.717) is 17.2 Å². The van der Waals surface area contributed by atoms with E-state index in [1.165, 1.54) is 12.1 Å². The Bertz CT molecular complexity index is 777. The van der Waals surface area contributed by atoms with Crippen LogP contribution in [0.3, 0.4) is 0 Å². The minimum absolute atomic E-state index is 0.164. The molecule has 0 atom stereocenters. The van der Waals surface area contributed by atoms with Crippen LogP contribution in [0.2, 0.25) is 0 Å². The third kappa shape index (κ3) is 4.52. The van der Waals surface area contributed by atoms with E-state index < -0.39 is 5.97 Å². The first-order chi connectivity index (χ1) is 11.6. The van der Waals surface area contributed by atoms with E-state index in [4.69, 9.17) is 21.0 Å². The molecule has 122 valence electrons. The summed E-state index contributed by atoms with van der Waals surface area (Å²) in [5, 5.41) is 12.9. The number of hydrogen-bond donors (Lipinski definition) is 2. The molecule has 0 heterocycles. The summed E-state index contributed by atoms with van der Waals surface area (Å²) in [5.74, 6) is 2.54. The van der Waals surface area contributed by atoms with Gasteiger partial charge in [-0.1, -0.05) is 5.92 Å². The van der Waals surface area contributed by atoms with Crippen molar-refractivity contribution < 1.29 is 19.4 Å². The summed E-state index contributed by atoms with van der Waals surface area (Å²) in [6.45, 7) is 0.164. The van der Waals surface area contributed by atoms with Crippen LogP contribution < -0.4 is 14.9 Å². The molecule has 0 amide bonds. The van der Waals surface area contributed by atoms with Crippen molar-refractivity contribution in [1.29, 1.82) is 0 Å². The molecule has 0 aliphatic rings. The second-order valence-corrected chi connectivity index (χ2v) is 4.66. The number of nitrogens with one attached hydrogen (secondary N) is 1. The number of terminal acetylenes is 1. The number of hydrazone groups is 1. The van der Waals surface area contributed by atoms with E-state index in [9.17, 15) is 4.79 Å². The lowest BCUT2D eigenvalue weighted by atomic mass is 10.2. The number of aromatic carboxylic acids is 1. The fraction of sp³-hybridized carbons (Fsp3) is 0.111. The van der Waals surface area contributed by atoms with Gasteiger partial charge in [-0.2, -0.15) is 5.10 Å². The highest BCUT2D eigenvalue weighted by atomic mass is 16.5. The standard InChI is InChI=1S/C18H16N2O4/c1-3-10-24-16-9-4-13(11-17(16)23-2)12-19-20-15-7-5-14(6-8-15)18(21)22/h1,4-9,11-12,20H,10H2,2H3,(H,21,22)/b19-12+. The molecule has 6 nitrogen and oxygen atoms in total. The van der Waals surface area contributed by atoms with Gasteiger partial charge in [-0.05, 0) is 48.0 Å². The Hall–Kier alpha value is -3.46. The molecule has 2 aromatic carbocycles. The van der Waals surface area contributed by atoms with Gasteiger partial charge in [0.1, 0.15) is 6.61 Å². The van der Waals surface area contributed by atoms with E-state index in [1.807, 2.05) is 6.07 Å². The Kier molecular flexibility index (Phi) is 5.81. The first-order valence-corrected chi connectivity index (χ1v) is 7.01. The van der Waals surface area contributed by atoms with Gasteiger partial charge >= 0.3 is 5.97 Å². The third-order valence-corrected chi connectivity index (χ3v) is 3.04. The van der Waals surface area contributed by atoms with Crippen molar-refractivity contribution >= 4 is 17.9 Å². The third-order valence-electron chi connectivity index (χ3n) is 3.04. The Balaban J connectivity index is 2.03. The van der Waals surface area contributed by atoms with Crippen LogP contribution in [0, 0.1) is 12.3 Å². The van der Waals surface area contributed by atoms with Gasteiger partial charge < -0.3 is 14.6 Å². The number of anilines is 1. The number of nitrogens with zero attached hydrogens (tertiary/aromatic N) is 1. The zero-order valence-electron chi connectivity index (χ0n) is 13.0. The maximum atomic E-state index is 10.8. The molecule has 0 radical (unpaired) electrons. The van der Waals surface area contributed by atoms with Crippen molar-refractivity contribution in [3.05, 3.63) is 53.6 Å². The number of carboxylic acid groups (broad SMARTS) is 1. The molecule has 0 aliphatic heterocycles. The number of benzene rings is 2. The highest BCUT2D eigenvalue weighted by Crippen LogP contribution is 2.27. The molecule has 24 heavy (non-hydrogen) atoms. The van der Waals surface area contributed by atoms with Crippen LogP contribution >= 0.6 is 0 Å². The van der Waals surface area contributed by atoms with E-state index in [2.05, 4.69) is 16.4 Å². The quantitative estimate of drug-likeness (QED) is 0.465. The van der Waals surface area contributed by atoms with Crippen LogP contribution in [0.5, 0.6) is 11.5 Å². The van der Waals surface area contributed by atoms with Gasteiger partial charge in [-0.15, -0.1) is 6.42 Å². The van der Waals surface area contributed by atoms with Crippen LogP contribution in [-0.4, -0.2) is 31.0 Å². The fourth-order valence-electron chi connectivity index (χ4n) is 1.87. The minimum atomic E-state index is -0.968. The summed E-state index contributed by atoms with van der Waals surface area (Å²) in [4.78, 5) is 10.8. The van der Waals surface area contributed by atoms with Crippen molar-refractivity contribution in [1.82, 2.24) is 0 Å². The van der Waals surface area contributed by atoms with Crippen LogP contribution in [-0.2, 0) is 0 Å². The van der Waals surface area contributed by atoms with Crippen LogP contribution in [0.1, 0.15) is 15.9 Å². The van der Waals surface area contributed by atoms with E-state index in [0.717, 1.165) is 5.56 Å². The van der Waals surface area contributed by atoms with E-state index in [1.54, 1.807) is 37.6 Å². The molecule has 0 bridgehead atoms. The second-order valence-electron chi connectivity index (χ2n) is 4.66. The molecule has 2 N–H and O–H groups in total. The molecule has 0 aromatic heterocycles. The fourth-order valence-corrected chi connectivity index (χ4v) is 1.87. The SMILES string of the molecule is C#CCOc1ccc(/C=N/Nc2ccc(C(=O)O)cc2)cc1OC. The Morgan fingerprint density at radius 3 is 2.67 bits per heavy atom. The molecule has 6 heteroatoms. The topological polar surface area (TPSA) is 80.2 Å². The Morgan fingerprint density at radius 2 is 2.04 bits per heavy atom. The maximum absolute atomic E-state index is 10.8. The second kappa shape index (κ2) is 8.25. The van der Waals surface area contributed by atoms with Crippen molar-refractivity contribution in [2.75, 3.05) is 19.1 Å². The predicted octanol–water partition coefficient (Wildman–Crippen LogP) is 2.85. The van der Waals surface area contributed by atoms with Gasteiger partial charge in [0.25, 0.3) is 0 Å². The number of carboxylic acids is 1. The van der Waals surface area contributed by atoms with Crippen molar-refractivity contribution in [3.8, 4) is 23.8 Å². The van der Waals surface area contributed by atoms with Crippen LogP contribution in [0.4, 0.5) is 5.69 Å². The molecule has 2 rings (SSSR count). The van der Waals surface area contributed by atoms with Crippen LogP contribution in [0.25, 0.3) is 0 Å². The van der Waals surface area contributed by atoms with E-state index >= 15 is 0 Å². The Labute approximate surface area is 139 Å². The van der Waals surface area contributed by atoms with Gasteiger partial charge in [0.15, 0.2) is 11.5 Å². The molecule has 0 unspecified atom stereocenters. The monoisotopic (exact) mass is 324 g/mol. The first-order valence-electron chi connectivity index (χ1n) is 7.01. The zero-order chi connectivity index (χ0) is 17.4. The maximum Gasteiger partial charge on any atom is 0.335 e. The van der Waals surface area contributed by atoms with E-state index in [-0.39, 0.29) is 12.2 Å². The average molecular weight is 324 g/mol. The molecule has 2 aromatic rings. The molecule has 0 spiro atoms. The summed E-state index contributed by atoms with van der Waals surface area (Å²) in [5.41, 5.74) is 4.52. The van der Waals surface area contributed by atoms with Gasteiger partial charge in [-0.3, -0.25) is 5.43 Å². The molecule has 0 saturated heterocycles. The number of hydrogen-bond acceptors (Lipinski definition) is 5. The minimum Gasteiger partial charge on any atom is -0.493 e. The molecule has 0 aliphatic carbocycles. The largest absolute Gasteiger partial charge is 0.493 e. The average Bonchev–Trinajstić information content (AvgIpc) is 2.60. The number of ether oxygens (including phenoxy) is 2. The predicted molar refractivity (Wildman–Crippen MR) is 91.9 cm³/mol. The summed E-state index contributed by atoms with van der Waals surface area (Å²) in [7, 11) is 1.54. The normalized spacial score (nSPS) is 10.2. The van der Waals surface area contributed by atoms with Crippen LogP contribution in [0.15, 0.2) is 47.6 Å². The summed E-state index contributed by atoms with van der Waals surface area (Å²) in [6.07, 6.45) is 6.78. The number of rotatable bonds is 7.